The number of amides is 1. The summed E-state index contributed by atoms with van der Waals surface area (Å²) in [5, 5.41) is 2.88. The van der Waals surface area contributed by atoms with E-state index in [1.165, 1.54) is 0 Å². The average Bonchev–Trinajstić information content (AvgIpc) is 2.62. The number of carbonyl (C=O) groups is 1. The van der Waals surface area contributed by atoms with Gasteiger partial charge in [0.1, 0.15) is 11.5 Å². The number of nitrogens with one attached hydrogen (secondary N) is 1. The molecule has 16 heavy (non-hydrogen) atoms. The van der Waals surface area contributed by atoms with Crippen molar-refractivity contribution in [3.63, 3.8) is 0 Å². The Hall–Kier alpha value is -1.29. The molecule has 0 bridgehead atoms. The van der Waals surface area contributed by atoms with E-state index in [9.17, 15) is 4.79 Å². The molecule has 0 aliphatic carbocycles. The maximum Gasteiger partial charge on any atom is 0.220 e. The first-order valence-electron chi connectivity index (χ1n) is 5.60. The molecule has 4 heteroatoms. The van der Waals surface area contributed by atoms with Crippen molar-refractivity contribution >= 4 is 5.91 Å². The fourth-order valence-corrected chi connectivity index (χ4v) is 1.43. The van der Waals surface area contributed by atoms with Gasteiger partial charge in [-0.15, -0.1) is 0 Å². The third kappa shape index (κ3) is 4.06. The van der Waals surface area contributed by atoms with Crippen LogP contribution >= 0.6 is 0 Å². The molecule has 2 atom stereocenters. The molecule has 0 aliphatic rings. The molecule has 90 valence electrons. The van der Waals surface area contributed by atoms with Crippen molar-refractivity contribution in [1.82, 2.24) is 5.32 Å². The summed E-state index contributed by atoms with van der Waals surface area (Å²) in [5.41, 5.74) is 5.59. The molecule has 1 aromatic heterocycles. The van der Waals surface area contributed by atoms with Crippen molar-refractivity contribution in [2.24, 2.45) is 5.73 Å². The Morgan fingerprint density at radius 2 is 2.19 bits per heavy atom. The van der Waals surface area contributed by atoms with Crippen LogP contribution in [0.15, 0.2) is 16.5 Å². The maximum absolute atomic E-state index is 11.5. The van der Waals surface area contributed by atoms with Crippen molar-refractivity contribution < 1.29 is 9.21 Å². The summed E-state index contributed by atoms with van der Waals surface area (Å²) in [6.45, 7) is 5.68. The predicted octanol–water partition coefficient (Wildman–Crippen LogP) is 1.89. The Morgan fingerprint density at radius 1 is 1.50 bits per heavy atom. The van der Waals surface area contributed by atoms with E-state index < -0.39 is 0 Å². The quantitative estimate of drug-likeness (QED) is 0.802. The zero-order chi connectivity index (χ0) is 12.1. The van der Waals surface area contributed by atoms with Crippen LogP contribution in [0.3, 0.4) is 0 Å². The zero-order valence-electron chi connectivity index (χ0n) is 10.1. The highest BCUT2D eigenvalue weighted by Crippen LogP contribution is 2.15. The van der Waals surface area contributed by atoms with E-state index in [-0.39, 0.29) is 18.0 Å². The second-order valence-electron chi connectivity index (χ2n) is 4.25. The highest BCUT2D eigenvalue weighted by Gasteiger charge is 2.12. The SMILES string of the molecule is Cc1ccc(C(C)NC(=O)CCC(C)N)o1. The van der Waals surface area contributed by atoms with Crippen molar-refractivity contribution in [2.45, 2.75) is 45.7 Å². The van der Waals surface area contributed by atoms with Crippen molar-refractivity contribution in [1.29, 1.82) is 0 Å². The molecule has 0 radical (unpaired) electrons. The minimum atomic E-state index is -0.0886. The molecular formula is C12H20N2O2. The molecule has 1 heterocycles. The molecule has 3 N–H and O–H groups in total. The summed E-state index contributed by atoms with van der Waals surface area (Å²) < 4.78 is 5.43. The first-order valence-corrected chi connectivity index (χ1v) is 5.60. The Balaban J connectivity index is 2.39. The Bertz CT molecular complexity index is 345. The van der Waals surface area contributed by atoms with E-state index in [1.807, 2.05) is 32.9 Å². The lowest BCUT2D eigenvalue weighted by Crippen LogP contribution is -2.28. The van der Waals surface area contributed by atoms with Crippen LogP contribution in [0.1, 0.15) is 44.3 Å². The molecule has 0 fully saturated rings. The third-order valence-electron chi connectivity index (χ3n) is 2.39. The van der Waals surface area contributed by atoms with Gasteiger partial charge >= 0.3 is 0 Å². The molecule has 1 rings (SSSR count). The number of hydrogen-bond donors (Lipinski definition) is 2. The maximum atomic E-state index is 11.5. The highest BCUT2D eigenvalue weighted by molar-refractivity contribution is 5.76. The van der Waals surface area contributed by atoms with E-state index in [0.717, 1.165) is 11.5 Å². The van der Waals surface area contributed by atoms with Crippen LogP contribution in [0.5, 0.6) is 0 Å². The molecule has 0 aromatic carbocycles. The van der Waals surface area contributed by atoms with Gasteiger partial charge in [-0.2, -0.15) is 0 Å². The van der Waals surface area contributed by atoms with E-state index in [0.29, 0.717) is 12.8 Å². The van der Waals surface area contributed by atoms with E-state index in [4.69, 9.17) is 10.2 Å². The average molecular weight is 224 g/mol. The van der Waals surface area contributed by atoms with Crippen LogP contribution in [-0.4, -0.2) is 11.9 Å². The van der Waals surface area contributed by atoms with Gasteiger partial charge in [0.15, 0.2) is 0 Å². The number of carbonyl (C=O) groups excluding carboxylic acids is 1. The van der Waals surface area contributed by atoms with Gasteiger partial charge in [-0.05, 0) is 39.3 Å². The molecule has 4 nitrogen and oxygen atoms in total. The van der Waals surface area contributed by atoms with Crippen LogP contribution in [0, 0.1) is 6.92 Å². The lowest BCUT2D eigenvalue weighted by molar-refractivity contribution is -0.122. The van der Waals surface area contributed by atoms with Gasteiger partial charge in [-0.25, -0.2) is 0 Å². The summed E-state index contributed by atoms with van der Waals surface area (Å²) in [6.07, 6.45) is 1.16. The predicted molar refractivity (Wildman–Crippen MR) is 62.9 cm³/mol. The van der Waals surface area contributed by atoms with Crippen LogP contribution in [0.2, 0.25) is 0 Å². The molecule has 0 saturated carbocycles. The van der Waals surface area contributed by atoms with Crippen LogP contribution in [-0.2, 0) is 4.79 Å². The summed E-state index contributed by atoms with van der Waals surface area (Å²) >= 11 is 0. The second kappa shape index (κ2) is 5.70. The van der Waals surface area contributed by atoms with E-state index in [2.05, 4.69) is 5.32 Å². The monoisotopic (exact) mass is 224 g/mol. The summed E-state index contributed by atoms with van der Waals surface area (Å²) in [7, 11) is 0. The van der Waals surface area contributed by atoms with Crippen molar-refractivity contribution in [3.8, 4) is 0 Å². The smallest absolute Gasteiger partial charge is 0.220 e. The standard InChI is InChI=1S/C12H20N2O2/c1-8(13)4-7-12(15)14-10(3)11-6-5-9(2)16-11/h5-6,8,10H,4,7,13H2,1-3H3,(H,14,15). The Kier molecular flexibility index (Phi) is 4.55. The normalized spacial score (nSPS) is 14.5. The van der Waals surface area contributed by atoms with Gasteiger partial charge in [-0.1, -0.05) is 0 Å². The van der Waals surface area contributed by atoms with Crippen LogP contribution < -0.4 is 11.1 Å². The first-order chi connectivity index (χ1) is 7.49. The largest absolute Gasteiger partial charge is 0.464 e. The lowest BCUT2D eigenvalue weighted by Gasteiger charge is -2.12. The molecule has 1 amide bonds. The topological polar surface area (TPSA) is 68.3 Å². The van der Waals surface area contributed by atoms with Gasteiger partial charge in [0.05, 0.1) is 6.04 Å². The minimum Gasteiger partial charge on any atom is -0.464 e. The van der Waals surface area contributed by atoms with E-state index in [1.54, 1.807) is 0 Å². The number of aryl methyl sites for hydroxylation is 1. The minimum absolute atomic E-state index is 0.0128. The fourth-order valence-electron chi connectivity index (χ4n) is 1.43. The molecule has 0 saturated heterocycles. The lowest BCUT2D eigenvalue weighted by atomic mass is 10.2. The molecular weight excluding hydrogens is 204 g/mol. The van der Waals surface area contributed by atoms with Gasteiger partial charge < -0.3 is 15.5 Å². The van der Waals surface area contributed by atoms with Gasteiger partial charge in [0, 0.05) is 12.5 Å². The number of hydrogen-bond acceptors (Lipinski definition) is 3. The number of furan rings is 1. The molecule has 0 aliphatic heterocycles. The molecule has 1 aromatic rings. The first kappa shape index (κ1) is 12.8. The summed E-state index contributed by atoms with van der Waals surface area (Å²) in [6, 6.07) is 3.74. The summed E-state index contributed by atoms with van der Waals surface area (Å²) in [5.74, 6) is 1.65. The number of rotatable bonds is 5. The van der Waals surface area contributed by atoms with Crippen LogP contribution in [0.4, 0.5) is 0 Å². The van der Waals surface area contributed by atoms with Crippen molar-refractivity contribution in [2.75, 3.05) is 0 Å². The Morgan fingerprint density at radius 3 is 2.69 bits per heavy atom. The van der Waals surface area contributed by atoms with Crippen molar-refractivity contribution in [3.05, 3.63) is 23.7 Å². The summed E-state index contributed by atoms with van der Waals surface area (Å²) in [4.78, 5) is 11.5. The van der Waals surface area contributed by atoms with E-state index >= 15 is 0 Å². The third-order valence-corrected chi connectivity index (χ3v) is 2.39. The zero-order valence-corrected chi connectivity index (χ0v) is 10.1. The molecule has 2 unspecified atom stereocenters. The second-order valence-corrected chi connectivity index (χ2v) is 4.25. The number of nitrogens with two attached hydrogens (primary N) is 1. The Labute approximate surface area is 96.2 Å². The van der Waals surface area contributed by atoms with Gasteiger partial charge in [-0.3, -0.25) is 4.79 Å². The van der Waals surface area contributed by atoms with Gasteiger partial charge in [0.25, 0.3) is 0 Å². The molecule has 0 spiro atoms. The fraction of sp³-hybridized carbons (Fsp3) is 0.583. The van der Waals surface area contributed by atoms with Gasteiger partial charge in [0.2, 0.25) is 5.91 Å². The highest BCUT2D eigenvalue weighted by atomic mass is 16.3. The van der Waals surface area contributed by atoms with Crippen LogP contribution in [0.25, 0.3) is 0 Å².